The number of thioether (sulfide) groups is 1. The molecular formula is C26H16ClNO4S. The Labute approximate surface area is 198 Å². The molecule has 4 aromatic rings. The van der Waals surface area contributed by atoms with Crippen molar-refractivity contribution in [3.05, 3.63) is 87.8 Å². The summed E-state index contributed by atoms with van der Waals surface area (Å²) in [5, 5.41) is 4.30. The highest BCUT2D eigenvalue weighted by molar-refractivity contribution is 8.18. The predicted molar refractivity (Wildman–Crippen MR) is 131 cm³/mol. The first-order chi connectivity index (χ1) is 16.1. The Bertz CT molecular complexity index is 1460. The fourth-order valence-corrected chi connectivity index (χ4v) is 5.26. The molecule has 1 fully saturated rings. The molecule has 0 bridgehead atoms. The summed E-state index contributed by atoms with van der Waals surface area (Å²) in [5.41, 5.74) is 1.55. The molecule has 33 heavy (non-hydrogen) atoms. The van der Waals surface area contributed by atoms with Gasteiger partial charge in [0.1, 0.15) is 0 Å². The number of benzene rings is 4. The van der Waals surface area contributed by atoms with Crippen LogP contribution in [0.15, 0.2) is 71.6 Å². The van der Waals surface area contributed by atoms with Crippen molar-refractivity contribution in [3.8, 4) is 11.5 Å². The standard InChI is InChI=1S/C26H16ClNO4S/c27-21-12-23-22(31-14-32-23)10-17(21)13-28-25(29)24(33-26(28)30)11-20-18-7-3-1-5-15(18)9-16-6-2-4-8-19(16)20/h1-12H,13-14H2/b24-11-. The van der Waals surface area contributed by atoms with E-state index in [1.54, 1.807) is 12.1 Å². The zero-order valence-corrected chi connectivity index (χ0v) is 18.8. The first-order valence-corrected chi connectivity index (χ1v) is 11.5. The number of nitrogens with zero attached hydrogens (tertiary/aromatic N) is 1. The van der Waals surface area contributed by atoms with E-state index in [-0.39, 0.29) is 24.5 Å². The first-order valence-electron chi connectivity index (χ1n) is 10.3. The van der Waals surface area contributed by atoms with Crippen molar-refractivity contribution in [1.82, 2.24) is 4.90 Å². The number of hydrogen-bond donors (Lipinski definition) is 0. The first kappa shape index (κ1) is 20.1. The van der Waals surface area contributed by atoms with Crippen molar-refractivity contribution < 1.29 is 19.1 Å². The molecule has 0 spiro atoms. The number of carbonyl (C=O) groups is 2. The second kappa shape index (κ2) is 7.83. The van der Waals surface area contributed by atoms with Gasteiger partial charge in [0.25, 0.3) is 11.1 Å². The Hall–Kier alpha value is -3.48. The minimum Gasteiger partial charge on any atom is -0.454 e. The van der Waals surface area contributed by atoms with E-state index in [1.165, 1.54) is 4.90 Å². The van der Waals surface area contributed by atoms with E-state index < -0.39 is 0 Å². The molecule has 4 aromatic carbocycles. The van der Waals surface area contributed by atoms with E-state index in [9.17, 15) is 9.59 Å². The largest absolute Gasteiger partial charge is 0.454 e. The highest BCUT2D eigenvalue weighted by atomic mass is 35.5. The van der Waals surface area contributed by atoms with Gasteiger partial charge >= 0.3 is 0 Å². The normalized spacial score (nSPS) is 16.5. The van der Waals surface area contributed by atoms with Crippen LogP contribution in [0.2, 0.25) is 5.02 Å². The van der Waals surface area contributed by atoms with E-state index in [0.29, 0.717) is 27.0 Å². The third kappa shape index (κ3) is 3.43. The summed E-state index contributed by atoms with van der Waals surface area (Å²) in [4.78, 5) is 27.7. The topological polar surface area (TPSA) is 55.8 Å². The van der Waals surface area contributed by atoms with Crippen LogP contribution < -0.4 is 9.47 Å². The summed E-state index contributed by atoms with van der Waals surface area (Å²) in [5.74, 6) is 0.774. The van der Waals surface area contributed by atoms with Gasteiger partial charge in [-0.05, 0) is 62.6 Å². The average Bonchev–Trinajstić information content (AvgIpc) is 3.38. The fourth-order valence-electron chi connectivity index (χ4n) is 4.22. The fraction of sp³-hybridized carbons (Fsp3) is 0.0769. The van der Waals surface area contributed by atoms with Gasteiger partial charge in [-0.3, -0.25) is 14.5 Å². The van der Waals surface area contributed by atoms with Crippen molar-refractivity contribution in [2.45, 2.75) is 6.54 Å². The number of halogens is 1. The van der Waals surface area contributed by atoms with Crippen LogP contribution in [-0.4, -0.2) is 22.8 Å². The summed E-state index contributed by atoms with van der Waals surface area (Å²) < 4.78 is 10.7. The number of hydrogen-bond acceptors (Lipinski definition) is 5. The molecule has 2 heterocycles. The van der Waals surface area contributed by atoms with Gasteiger partial charge in [-0.2, -0.15) is 0 Å². The molecule has 162 valence electrons. The van der Waals surface area contributed by atoms with E-state index in [0.717, 1.165) is 38.9 Å². The van der Waals surface area contributed by atoms with E-state index in [4.69, 9.17) is 21.1 Å². The average molecular weight is 474 g/mol. The molecule has 7 heteroatoms. The van der Waals surface area contributed by atoms with Crippen LogP contribution in [0.3, 0.4) is 0 Å². The van der Waals surface area contributed by atoms with Gasteiger partial charge in [0, 0.05) is 11.1 Å². The smallest absolute Gasteiger partial charge is 0.293 e. The third-order valence-electron chi connectivity index (χ3n) is 5.83. The summed E-state index contributed by atoms with van der Waals surface area (Å²) >= 11 is 7.32. The van der Waals surface area contributed by atoms with Gasteiger partial charge in [-0.1, -0.05) is 60.1 Å². The van der Waals surface area contributed by atoms with Gasteiger partial charge in [-0.25, -0.2) is 0 Å². The molecule has 2 amide bonds. The Morgan fingerprint density at radius 3 is 2.24 bits per heavy atom. The summed E-state index contributed by atoms with van der Waals surface area (Å²) in [6, 6.07) is 21.6. The lowest BCUT2D eigenvalue weighted by molar-refractivity contribution is -0.123. The molecule has 1 saturated heterocycles. The molecule has 0 saturated carbocycles. The van der Waals surface area contributed by atoms with Gasteiger partial charge in [0.2, 0.25) is 6.79 Å². The van der Waals surface area contributed by atoms with Crippen molar-refractivity contribution in [2.75, 3.05) is 6.79 Å². The molecule has 6 rings (SSSR count). The van der Waals surface area contributed by atoms with Crippen LogP contribution in [0.1, 0.15) is 11.1 Å². The van der Waals surface area contributed by atoms with Crippen molar-refractivity contribution in [1.29, 1.82) is 0 Å². The highest BCUT2D eigenvalue weighted by Crippen LogP contribution is 2.40. The number of carbonyl (C=O) groups excluding carboxylic acids is 2. The number of rotatable bonds is 3. The Kier molecular flexibility index (Phi) is 4.78. The molecule has 2 aliphatic rings. The molecule has 5 nitrogen and oxygen atoms in total. The van der Waals surface area contributed by atoms with Gasteiger partial charge < -0.3 is 9.47 Å². The zero-order valence-electron chi connectivity index (χ0n) is 17.2. The molecule has 2 aliphatic heterocycles. The lowest BCUT2D eigenvalue weighted by Crippen LogP contribution is -2.27. The van der Waals surface area contributed by atoms with Crippen LogP contribution in [0.5, 0.6) is 11.5 Å². The third-order valence-corrected chi connectivity index (χ3v) is 7.09. The Morgan fingerprint density at radius 2 is 1.55 bits per heavy atom. The quantitative estimate of drug-likeness (QED) is 0.247. The van der Waals surface area contributed by atoms with Gasteiger partial charge in [-0.15, -0.1) is 0 Å². The molecule has 0 radical (unpaired) electrons. The second-order valence-electron chi connectivity index (χ2n) is 7.80. The number of fused-ring (bicyclic) bond motifs is 3. The Balaban J connectivity index is 1.40. The number of imide groups is 1. The van der Waals surface area contributed by atoms with Crippen LogP contribution in [-0.2, 0) is 11.3 Å². The van der Waals surface area contributed by atoms with Crippen LogP contribution in [0.25, 0.3) is 27.6 Å². The summed E-state index contributed by atoms with van der Waals surface area (Å²) in [6.45, 7) is 0.187. The predicted octanol–water partition coefficient (Wildman–Crippen LogP) is 6.61. The lowest BCUT2D eigenvalue weighted by atomic mass is 9.96. The maximum atomic E-state index is 13.3. The van der Waals surface area contributed by atoms with E-state index in [2.05, 4.69) is 6.07 Å². The maximum absolute atomic E-state index is 13.3. The monoisotopic (exact) mass is 473 g/mol. The summed E-state index contributed by atoms with van der Waals surface area (Å²) in [7, 11) is 0. The van der Waals surface area contributed by atoms with Gasteiger partial charge in [0.15, 0.2) is 11.5 Å². The SMILES string of the molecule is O=C1S/C(=C\c2c3ccccc3cc3ccccc23)C(=O)N1Cc1cc2c(cc1Cl)OCO2. The van der Waals surface area contributed by atoms with Crippen LogP contribution in [0, 0.1) is 0 Å². The Morgan fingerprint density at radius 1 is 0.909 bits per heavy atom. The van der Waals surface area contributed by atoms with E-state index in [1.807, 2.05) is 54.6 Å². The molecule has 0 atom stereocenters. The number of amides is 2. The summed E-state index contributed by atoms with van der Waals surface area (Å²) in [6.07, 6.45) is 1.83. The van der Waals surface area contributed by atoms with E-state index >= 15 is 0 Å². The minimum atomic E-state index is -0.337. The number of ether oxygens (including phenoxy) is 2. The van der Waals surface area contributed by atoms with Crippen LogP contribution >= 0.6 is 23.4 Å². The van der Waals surface area contributed by atoms with Crippen LogP contribution in [0.4, 0.5) is 4.79 Å². The molecule has 0 aromatic heterocycles. The van der Waals surface area contributed by atoms with Crippen molar-refractivity contribution >= 4 is 62.1 Å². The minimum absolute atomic E-state index is 0.0633. The molecule has 0 unspecified atom stereocenters. The lowest BCUT2D eigenvalue weighted by Gasteiger charge is -2.14. The van der Waals surface area contributed by atoms with Crippen molar-refractivity contribution in [2.24, 2.45) is 0 Å². The molecular weight excluding hydrogens is 458 g/mol. The maximum Gasteiger partial charge on any atom is 0.293 e. The zero-order chi connectivity index (χ0) is 22.5. The molecule has 0 N–H and O–H groups in total. The second-order valence-corrected chi connectivity index (χ2v) is 9.20. The van der Waals surface area contributed by atoms with Gasteiger partial charge in [0.05, 0.1) is 11.4 Å². The van der Waals surface area contributed by atoms with Crippen molar-refractivity contribution in [3.63, 3.8) is 0 Å². The highest BCUT2D eigenvalue weighted by Gasteiger charge is 2.36. The molecule has 0 aliphatic carbocycles.